The zero-order valence-electron chi connectivity index (χ0n) is 13.5. The molecule has 0 bridgehead atoms. The molecule has 0 N–H and O–H groups in total. The van der Waals surface area contributed by atoms with Crippen LogP contribution in [0.3, 0.4) is 0 Å². The van der Waals surface area contributed by atoms with Crippen molar-refractivity contribution in [1.82, 2.24) is 9.80 Å². The molecule has 3 nitrogen and oxygen atoms in total. The highest BCUT2D eigenvalue weighted by Crippen LogP contribution is 2.26. The van der Waals surface area contributed by atoms with Gasteiger partial charge in [0.1, 0.15) is 5.82 Å². The SMILES string of the molecule is Cc1ccc(C(=O)N2CCN(C)C(c3ccccc3F)C2)cc1. The third kappa shape index (κ3) is 3.27. The van der Waals surface area contributed by atoms with Crippen molar-refractivity contribution in [3.63, 3.8) is 0 Å². The second kappa shape index (κ2) is 6.50. The summed E-state index contributed by atoms with van der Waals surface area (Å²) in [5.74, 6) is -0.201. The molecule has 4 heteroatoms. The molecular weight excluding hydrogens is 291 g/mol. The number of hydrogen-bond donors (Lipinski definition) is 0. The number of rotatable bonds is 2. The number of halogens is 1. The molecule has 0 saturated carbocycles. The Balaban J connectivity index is 1.81. The Hall–Kier alpha value is -2.20. The van der Waals surface area contributed by atoms with Crippen molar-refractivity contribution >= 4 is 5.91 Å². The Morgan fingerprint density at radius 1 is 1.09 bits per heavy atom. The summed E-state index contributed by atoms with van der Waals surface area (Å²) >= 11 is 0. The van der Waals surface area contributed by atoms with E-state index in [9.17, 15) is 9.18 Å². The monoisotopic (exact) mass is 312 g/mol. The quantitative estimate of drug-likeness (QED) is 0.850. The van der Waals surface area contributed by atoms with Crippen LogP contribution in [0.4, 0.5) is 4.39 Å². The zero-order valence-corrected chi connectivity index (χ0v) is 13.5. The smallest absolute Gasteiger partial charge is 0.253 e. The molecule has 1 aliphatic heterocycles. The van der Waals surface area contributed by atoms with Crippen molar-refractivity contribution in [3.05, 3.63) is 71.0 Å². The first kappa shape index (κ1) is 15.7. The summed E-state index contributed by atoms with van der Waals surface area (Å²) in [6.45, 7) is 3.90. The Bertz CT molecular complexity index is 699. The highest BCUT2D eigenvalue weighted by atomic mass is 19.1. The molecule has 3 rings (SSSR count). The molecule has 1 fully saturated rings. The van der Waals surface area contributed by atoms with E-state index >= 15 is 0 Å². The summed E-state index contributed by atoms with van der Waals surface area (Å²) < 4.78 is 14.1. The van der Waals surface area contributed by atoms with E-state index in [1.165, 1.54) is 6.07 Å². The lowest BCUT2D eigenvalue weighted by Crippen LogP contribution is -2.49. The fraction of sp³-hybridized carbons (Fsp3) is 0.316. The molecule has 1 atom stereocenters. The van der Waals surface area contributed by atoms with Crippen LogP contribution in [0.15, 0.2) is 48.5 Å². The van der Waals surface area contributed by atoms with Crippen LogP contribution in [-0.4, -0.2) is 42.4 Å². The van der Waals surface area contributed by atoms with E-state index in [0.717, 1.165) is 12.1 Å². The predicted octanol–water partition coefficient (Wildman–Crippen LogP) is 3.26. The van der Waals surface area contributed by atoms with Gasteiger partial charge < -0.3 is 4.90 Å². The van der Waals surface area contributed by atoms with Crippen LogP contribution in [0.5, 0.6) is 0 Å². The van der Waals surface area contributed by atoms with Crippen molar-refractivity contribution in [2.75, 3.05) is 26.7 Å². The average Bonchev–Trinajstić information content (AvgIpc) is 2.56. The lowest BCUT2D eigenvalue weighted by Gasteiger charge is -2.39. The molecule has 1 heterocycles. The van der Waals surface area contributed by atoms with Gasteiger partial charge in [0.05, 0.1) is 6.04 Å². The number of aryl methyl sites for hydroxylation is 1. The van der Waals surface area contributed by atoms with E-state index in [-0.39, 0.29) is 17.8 Å². The van der Waals surface area contributed by atoms with Gasteiger partial charge in [0.2, 0.25) is 0 Å². The van der Waals surface area contributed by atoms with Gasteiger partial charge in [0, 0.05) is 30.8 Å². The van der Waals surface area contributed by atoms with E-state index < -0.39 is 0 Å². The average molecular weight is 312 g/mol. The van der Waals surface area contributed by atoms with Crippen molar-refractivity contribution in [2.45, 2.75) is 13.0 Å². The van der Waals surface area contributed by atoms with Crippen LogP contribution in [0, 0.1) is 12.7 Å². The number of piperazine rings is 1. The molecule has 1 saturated heterocycles. The minimum Gasteiger partial charge on any atom is -0.335 e. The van der Waals surface area contributed by atoms with Crippen LogP contribution in [-0.2, 0) is 0 Å². The van der Waals surface area contributed by atoms with Crippen molar-refractivity contribution in [3.8, 4) is 0 Å². The molecule has 1 unspecified atom stereocenters. The Morgan fingerprint density at radius 2 is 1.78 bits per heavy atom. The lowest BCUT2D eigenvalue weighted by atomic mass is 10.0. The van der Waals surface area contributed by atoms with Gasteiger partial charge in [-0.15, -0.1) is 0 Å². The largest absolute Gasteiger partial charge is 0.335 e. The predicted molar refractivity (Wildman–Crippen MR) is 88.9 cm³/mol. The van der Waals surface area contributed by atoms with Gasteiger partial charge in [0.25, 0.3) is 5.91 Å². The van der Waals surface area contributed by atoms with Crippen molar-refractivity contribution < 1.29 is 9.18 Å². The highest BCUT2D eigenvalue weighted by molar-refractivity contribution is 5.94. The number of hydrogen-bond acceptors (Lipinski definition) is 2. The minimum absolute atomic E-state index is 0.0134. The van der Waals surface area contributed by atoms with Crippen LogP contribution < -0.4 is 0 Å². The highest BCUT2D eigenvalue weighted by Gasteiger charge is 2.30. The maximum absolute atomic E-state index is 14.1. The van der Waals surface area contributed by atoms with Crippen LogP contribution >= 0.6 is 0 Å². The van der Waals surface area contributed by atoms with E-state index in [1.54, 1.807) is 12.1 Å². The maximum Gasteiger partial charge on any atom is 0.253 e. The number of nitrogens with zero attached hydrogens (tertiary/aromatic N) is 2. The van der Waals surface area contributed by atoms with Gasteiger partial charge >= 0.3 is 0 Å². The first-order chi connectivity index (χ1) is 11.1. The fourth-order valence-corrected chi connectivity index (χ4v) is 3.02. The van der Waals surface area contributed by atoms with Gasteiger partial charge in [-0.25, -0.2) is 4.39 Å². The molecular formula is C19H21FN2O. The number of carbonyl (C=O) groups excluding carboxylic acids is 1. The van der Waals surface area contributed by atoms with Crippen LogP contribution in [0.1, 0.15) is 27.5 Å². The molecule has 0 radical (unpaired) electrons. The molecule has 0 aromatic heterocycles. The third-order valence-corrected chi connectivity index (χ3v) is 4.50. The summed E-state index contributed by atoms with van der Waals surface area (Å²) in [6.07, 6.45) is 0. The fourth-order valence-electron chi connectivity index (χ4n) is 3.02. The molecule has 1 aliphatic rings. The Morgan fingerprint density at radius 3 is 2.48 bits per heavy atom. The van der Waals surface area contributed by atoms with E-state index in [0.29, 0.717) is 24.2 Å². The van der Waals surface area contributed by atoms with Gasteiger partial charge in [-0.05, 0) is 32.2 Å². The standard InChI is InChI=1S/C19H21FN2O/c1-14-7-9-15(10-8-14)19(23)22-12-11-21(2)18(13-22)16-5-3-4-6-17(16)20/h3-10,18H,11-13H2,1-2H3. The number of benzene rings is 2. The number of likely N-dealkylation sites (N-methyl/N-ethyl adjacent to an activating group) is 1. The van der Waals surface area contributed by atoms with E-state index in [4.69, 9.17) is 0 Å². The van der Waals surface area contributed by atoms with Crippen molar-refractivity contribution in [1.29, 1.82) is 0 Å². The summed E-state index contributed by atoms with van der Waals surface area (Å²) in [7, 11) is 1.98. The normalized spacial score (nSPS) is 18.9. The molecule has 23 heavy (non-hydrogen) atoms. The Labute approximate surface area is 136 Å². The summed E-state index contributed by atoms with van der Waals surface area (Å²) in [6, 6.07) is 14.3. The first-order valence-corrected chi connectivity index (χ1v) is 7.87. The third-order valence-electron chi connectivity index (χ3n) is 4.50. The van der Waals surface area contributed by atoms with E-state index in [1.807, 2.05) is 49.2 Å². The number of carbonyl (C=O) groups is 1. The zero-order chi connectivity index (χ0) is 16.4. The van der Waals surface area contributed by atoms with Gasteiger partial charge in [-0.3, -0.25) is 9.69 Å². The van der Waals surface area contributed by atoms with Gasteiger partial charge in [-0.1, -0.05) is 35.9 Å². The number of amides is 1. The van der Waals surface area contributed by atoms with Crippen LogP contribution in [0.25, 0.3) is 0 Å². The molecule has 2 aromatic rings. The molecule has 1 amide bonds. The van der Waals surface area contributed by atoms with E-state index in [2.05, 4.69) is 4.90 Å². The van der Waals surface area contributed by atoms with Gasteiger partial charge in [-0.2, -0.15) is 0 Å². The summed E-state index contributed by atoms with van der Waals surface area (Å²) in [5.41, 5.74) is 2.47. The topological polar surface area (TPSA) is 23.6 Å². The first-order valence-electron chi connectivity index (χ1n) is 7.87. The molecule has 120 valence electrons. The second-order valence-electron chi connectivity index (χ2n) is 6.14. The summed E-state index contributed by atoms with van der Waals surface area (Å²) in [5, 5.41) is 0. The van der Waals surface area contributed by atoms with Crippen LogP contribution in [0.2, 0.25) is 0 Å². The second-order valence-corrected chi connectivity index (χ2v) is 6.14. The molecule has 0 aliphatic carbocycles. The van der Waals surface area contributed by atoms with Gasteiger partial charge in [0.15, 0.2) is 0 Å². The van der Waals surface area contributed by atoms with Crippen molar-refractivity contribution in [2.24, 2.45) is 0 Å². The molecule has 0 spiro atoms. The maximum atomic E-state index is 14.1. The summed E-state index contributed by atoms with van der Waals surface area (Å²) in [4.78, 5) is 16.6. The minimum atomic E-state index is -0.214. The Kier molecular flexibility index (Phi) is 4.44. The lowest BCUT2D eigenvalue weighted by molar-refractivity contribution is 0.0540. The molecule has 2 aromatic carbocycles.